The van der Waals surface area contributed by atoms with Gasteiger partial charge in [-0.3, -0.25) is 0 Å². The van der Waals surface area contributed by atoms with Crippen molar-refractivity contribution < 1.29 is 4.39 Å². The summed E-state index contributed by atoms with van der Waals surface area (Å²) in [4.78, 5) is 4.52. The van der Waals surface area contributed by atoms with Crippen molar-refractivity contribution in [2.45, 2.75) is 6.92 Å². The predicted molar refractivity (Wildman–Crippen MR) is 82.1 cm³/mol. The molecule has 0 saturated heterocycles. The van der Waals surface area contributed by atoms with Gasteiger partial charge in [-0.05, 0) is 30.7 Å². The number of thiazole rings is 1. The van der Waals surface area contributed by atoms with E-state index >= 15 is 0 Å². The van der Waals surface area contributed by atoms with E-state index in [0.717, 1.165) is 11.3 Å². The molecule has 0 spiro atoms. The zero-order valence-electron chi connectivity index (χ0n) is 10.9. The summed E-state index contributed by atoms with van der Waals surface area (Å²) in [6.07, 6.45) is 0. The highest BCUT2D eigenvalue weighted by Gasteiger charge is 2.12. The molecule has 4 heteroatoms. The SMILES string of the molecule is Cc1cccc(-c2nc(-c3ccc(N)cc3)cs2)c1F. The van der Waals surface area contributed by atoms with Crippen LogP contribution in [0.4, 0.5) is 10.1 Å². The highest BCUT2D eigenvalue weighted by Crippen LogP contribution is 2.31. The summed E-state index contributed by atoms with van der Waals surface area (Å²) in [5.41, 5.74) is 9.39. The Labute approximate surface area is 120 Å². The number of halogens is 1. The first kappa shape index (κ1) is 12.8. The molecule has 0 radical (unpaired) electrons. The quantitative estimate of drug-likeness (QED) is 0.703. The van der Waals surface area contributed by atoms with Crippen LogP contribution in [0.5, 0.6) is 0 Å². The van der Waals surface area contributed by atoms with Crippen molar-refractivity contribution in [3.05, 3.63) is 59.2 Å². The first-order chi connectivity index (χ1) is 9.65. The van der Waals surface area contributed by atoms with E-state index in [9.17, 15) is 4.39 Å². The lowest BCUT2D eigenvalue weighted by molar-refractivity contribution is 0.622. The van der Waals surface area contributed by atoms with Gasteiger partial charge in [0.15, 0.2) is 0 Å². The topological polar surface area (TPSA) is 38.9 Å². The lowest BCUT2D eigenvalue weighted by Gasteiger charge is -2.01. The maximum atomic E-state index is 14.1. The summed E-state index contributed by atoms with van der Waals surface area (Å²) in [6.45, 7) is 1.76. The molecule has 0 bridgehead atoms. The minimum absolute atomic E-state index is 0.203. The Morgan fingerprint density at radius 2 is 1.85 bits per heavy atom. The molecule has 3 aromatic rings. The Bertz CT molecular complexity index is 747. The highest BCUT2D eigenvalue weighted by atomic mass is 32.1. The van der Waals surface area contributed by atoms with Gasteiger partial charge in [-0.15, -0.1) is 11.3 Å². The number of aryl methyl sites for hydroxylation is 1. The van der Waals surface area contributed by atoms with Crippen molar-refractivity contribution >= 4 is 17.0 Å². The van der Waals surface area contributed by atoms with Crippen LogP contribution >= 0.6 is 11.3 Å². The van der Waals surface area contributed by atoms with Crippen LogP contribution in [0.15, 0.2) is 47.8 Å². The van der Waals surface area contributed by atoms with Crippen molar-refractivity contribution in [3.8, 4) is 21.8 Å². The van der Waals surface area contributed by atoms with Crippen molar-refractivity contribution in [2.75, 3.05) is 5.73 Å². The maximum absolute atomic E-state index is 14.1. The smallest absolute Gasteiger partial charge is 0.136 e. The second-order valence-electron chi connectivity index (χ2n) is 4.60. The van der Waals surface area contributed by atoms with Gasteiger partial charge in [0.05, 0.1) is 5.69 Å². The summed E-state index contributed by atoms with van der Waals surface area (Å²) >= 11 is 1.44. The Morgan fingerprint density at radius 3 is 2.60 bits per heavy atom. The lowest BCUT2D eigenvalue weighted by atomic mass is 10.1. The van der Waals surface area contributed by atoms with E-state index in [1.54, 1.807) is 19.1 Å². The molecule has 1 heterocycles. The van der Waals surface area contributed by atoms with E-state index in [-0.39, 0.29) is 5.82 Å². The molecule has 0 atom stereocenters. The van der Waals surface area contributed by atoms with E-state index < -0.39 is 0 Å². The average Bonchev–Trinajstić information content (AvgIpc) is 2.92. The molecule has 20 heavy (non-hydrogen) atoms. The van der Waals surface area contributed by atoms with Crippen LogP contribution in [0.2, 0.25) is 0 Å². The molecule has 0 aliphatic carbocycles. The molecular formula is C16H13FN2S. The molecule has 0 aliphatic heterocycles. The van der Waals surface area contributed by atoms with Gasteiger partial charge in [-0.1, -0.05) is 24.3 Å². The zero-order chi connectivity index (χ0) is 14.1. The minimum atomic E-state index is -0.203. The Balaban J connectivity index is 2.02. The number of nitrogens with zero attached hydrogens (tertiary/aromatic N) is 1. The fraction of sp³-hybridized carbons (Fsp3) is 0.0625. The van der Waals surface area contributed by atoms with Crippen LogP contribution in [0, 0.1) is 12.7 Å². The van der Waals surface area contributed by atoms with E-state index in [0.29, 0.717) is 21.8 Å². The van der Waals surface area contributed by atoms with Gasteiger partial charge in [-0.2, -0.15) is 0 Å². The monoisotopic (exact) mass is 284 g/mol. The molecule has 0 aliphatic rings. The molecule has 0 saturated carbocycles. The Hall–Kier alpha value is -2.20. The summed E-state index contributed by atoms with van der Waals surface area (Å²) < 4.78 is 14.1. The molecule has 3 rings (SSSR count). The van der Waals surface area contributed by atoms with E-state index in [2.05, 4.69) is 4.98 Å². The van der Waals surface area contributed by atoms with E-state index in [4.69, 9.17) is 5.73 Å². The fourth-order valence-electron chi connectivity index (χ4n) is 2.00. The van der Waals surface area contributed by atoms with Crippen LogP contribution in [-0.4, -0.2) is 4.98 Å². The number of hydrogen-bond acceptors (Lipinski definition) is 3. The Morgan fingerprint density at radius 1 is 1.10 bits per heavy atom. The lowest BCUT2D eigenvalue weighted by Crippen LogP contribution is -1.88. The normalized spacial score (nSPS) is 10.7. The standard InChI is InChI=1S/C16H13FN2S/c1-10-3-2-4-13(15(10)17)16-19-14(9-20-16)11-5-7-12(18)8-6-11/h2-9H,18H2,1H3. The first-order valence-electron chi connectivity index (χ1n) is 6.22. The van der Waals surface area contributed by atoms with E-state index in [1.165, 1.54) is 11.3 Å². The third-order valence-corrected chi connectivity index (χ3v) is 4.01. The molecular weight excluding hydrogens is 271 g/mol. The van der Waals surface area contributed by atoms with Crippen molar-refractivity contribution in [3.63, 3.8) is 0 Å². The average molecular weight is 284 g/mol. The van der Waals surface area contributed by atoms with Gasteiger partial charge in [0, 0.05) is 22.2 Å². The minimum Gasteiger partial charge on any atom is -0.399 e. The molecule has 0 unspecified atom stereocenters. The van der Waals surface area contributed by atoms with E-state index in [1.807, 2.05) is 35.7 Å². The van der Waals surface area contributed by atoms with Crippen molar-refractivity contribution in [2.24, 2.45) is 0 Å². The number of benzene rings is 2. The van der Waals surface area contributed by atoms with Crippen LogP contribution in [0.3, 0.4) is 0 Å². The van der Waals surface area contributed by atoms with Gasteiger partial charge in [0.25, 0.3) is 0 Å². The van der Waals surface area contributed by atoms with Crippen LogP contribution in [0.25, 0.3) is 21.8 Å². The first-order valence-corrected chi connectivity index (χ1v) is 7.10. The molecule has 100 valence electrons. The summed E-state index contributed by atoms with van der Waals surface area (Å²) in [5.74, 6) is -0.203. The van der Waals surface area contributed by atoms with Gasteiger partial charge in [-0.25, -0.2) is 9.37 Å². The summed E-state index contributed by atoms with van der Waals surface area (Å²) in [5, 5.41) is 2.63. The second-order valence-corrected chi connectivity index (χ2v) is 5.45. The van der Waals surface area contributed by atoms with Crippen LogP contribution < -0.4 is 5.73 Å². The molecule has 0 fully saturated rings. The number of nitrogens with two attached hydrogens (primary N) is 1. The van der Waals surface area contributed by atoms with Gasteiger partial charge < -0.3 is 5.73 Å². The number of aromatic nitrogens is 1. The van der Waals surface area contributed by atoms with Crippen molar-refractivity contribution in [1.29, 1.82) is 0 Å². The fourth-order valence-corrected chi connectivity index (χ4v) is 2.84. The van der Waals surface area contributed by atoms with Crippen LogP contribution in [-0.2, 0) is 0 Å². The summed E-state index contributed by atoms with van der Waals surface area (Å²) in [6, 6.07) is 12.9. The molecule has 2 nitrogen and oxygen atoms in total. The number of rotatable bonds is 2. The number of nitrogen functional groups attached to an aromatic ring is 1. The zero-order valence-corrected chi connectivity index (χ0v) is 11.7. The molecule has 2 N–H and O–H groups in total. The number of anilines is 1. The summed E-state index contributed by atoms with van der Waals surface area (Å²) in [7, 11) is 0. The second kappa shape index (κ2) is 5.06. The highest BCUT2D eigenvalue weighted by molar-refractivity contribution is 7.13. The maximum Gasteiger partial charge on any atom is 0.136 e. The van der Waals surface area contributed by atoms with Crippen molar-refractivity contribution in [1.82, 2.24) is 4.98 Å². The third kappa shape index (κ3) is 2.30. The van der Waals surface area contributed by atoms with Gasteiger partial charge >= 0.3 is 0 Å². The van der Waals surface area contributed by atoms with Crippen LogP contribution in [0.1, 0.15) is 5.56 Å². The van der Waals surface area contributed by atoms with Gasteiger partial charge in [0.1, 0.15) is 10.8 Å². The third-order valence-electron chi connectivity index (χ3n) is 3.13. The molecule has 1 aromatic heterocycles. The Kier molecular flexibility index (Phi) is 3.24. The predicted octanol–water partition coefficient (Wildman–Crippen LogP) is 4.51. The van der Waals surface area contributed by atoms with Gasteiger partial charge in [0.2, 0.25) is 0 Å². The molecule has 0 amide bonds. The largest absolute Gasteiger partial charge is 0.399 e. The number of hydrogen-bond donors (Lipinski definition) is 1. The molecule has 2 aromatic carbocycles.